The molecule has 0 radical (unpaired) electrons. The minimum absolute atomic E-state index is 0.0915. The third-order valence-electron chi connectivity index (χ3n) is 4.47. The van der Waals surface area contributed by atoms with E-state index in [1.54, 1.807) is 0 Å². The Kier molecular flexibility index (Phi) is 7.46. The molecule has 0 fully saturated rings. The van der Waals surface area contributed by atoms with Gasteiger partial charge in [-0.25, -0.2) is 17.5 Å². The van der Waals surface area contributed by atoms with Crippen LogP contribution in [0.5, 0.6) is 17.2 Å². The first-order valence-electron chi connectivity index (χ1n) is 8.84. The first-order valence-corrected chi connectivity index (χ1v) is 10.3. The van der Waals surface area contributed by atoms with Crippen LogP contribution in [0, 0.1) is 0 Å². The number of aromatic carboxylic acids is 1. The van der Waals surface area contributed by atoms with Crippen LogP contribution in [0.3, 0.4) is 0 Å². The average Bonchev–Trinajstić information content (AvgIpc) is 2.72. The van der Waals surface area contributed by atoms with E-state index in [0.717, 1.165) is 11.6 Å². The number of nitrogens with zero attached hydrogens (tertiary/aromatic N) is 1. The summed E-state index contributed by atoms with van der Waals surface area (Å²) in [5.41, 5.74) is 0.775. The number of sulfonamides is 1. The van der Waals surface area contributed by atoms with Crippen LogP contribution < -0.4 is 14.2 Å². The highest BCUT2D eigenvalue weighted by atomic mass is 32.2. The van der Waals surface area contributed by atoms with E-state index >= 15 is 0 Å². The van der Waals surface area contributed by atoms with E-state index < -0.39 is 16.0 Å². The molecule has 0 bridgehead atoms. The molecule has 0 atom stereocenters. The van der Waals surface area contributed by atoms with Crippen LogP contribution in [0.1, 0.15) is 22.3 Å². The molecule has 0 aromatic heterocycles. The third-order valence-corrected chi connectivity index (χ3v) is 6.33. The number of ether oxygens (including phenoxy) is 3. The number of carboxylic acids is 1. The highest BCUT2D eigenvalue weighted by Crippen LogP contribution is 2.45. The molecule has 9 heteroatoms. The van der Waals surface area contributed by atoms with E-state index in [0.29, 0.717) is 12.8 Å². The number of carboxylic acid groups (broad SMARTS) is 1. The van der Waals surface area contributed by atoms with Crippen LogP contribution in [0.15, 0.2) is 41.3 Å². The molecule has 158 valence electrons. The molecular weight excluding hydrogens is 398 g/mol. The van der Waals surface area contributed by atoms with Crippen LogP contribution in [-0.2, 0) is 16.4 Å². The number of methoxy groups -OCH3 is 3. The van der Waals surface area contributed by atoms with Gasteiger partial charge in [0.2, 0.25) is 15.8 Å². The number of carbonyl (C=O) groups is 1. The summed E-state index contributed by atoms with van der Waals surface area (Å²) >= 11 is 0. The largest absolute Gasteiger partial charge is 0.492 e. The van der Waals surface area contributed by atoms with Crippen molar-refractivity contribution in [1.82, 2.24) is 4.31 Å². The van der Waals surface area contributed by atoms with Crippen molar-refractivity contribution in [3.05, 3.63) is 47.5 Å². The predicted molar refractivity (Wildman–Crippen MR) is 108 cm³/mol. The lowest BCUT2D eigenvalue weighted by Crippen LogP contribution is -2.29. The highest BCUT2D eigenvalue weighted by molar-refractivity contribution is 7.89. The van der Waals surface area contributed by atoms with Crippen LogP contribution in [-0.4, -0.2) is 58.7 Å². The number of hydrogen-bond acceptors (Lipinski definition) is 6. The second-order valence-corrected chi connectivity index (χ2v) is 8.26. The van der Waals surface area contributed by atoms with Gasteiger partial charge in [-0.2, -0.15) is 0 Å². The molecule has 2 aromatic rings. The molecule has 0 aliphatic carbocycles. The maximum absolute atomic E-state index is 13.2. The molecule has 0 aliphatic heterocycles. The fourth-order valence-electron chi connectivity index (χ4n) is 2.97. The molecule has 2 rings (SSSR count). The van der Waals surface area contributed by atoms with Crippen LogP contribution >= 0.6 is 0 Å². The molecule has 0 saturated carbocycles. The lowest BCUT2D eigenvalue weighted by atomic mass is 10.1. The Morgan fingerprint density at radius 2 is 1.59 bits per heavy atom. The van der Waals surface area contributed by atoms with Gasteiger partial charge >= 0.3 is 5.97 Å². The monoisotopic (exact) mass is 423 g/mol. The maximum atomic E-state index is 13.2. The zero-order chi connectivity index (χ0) is 21.6. The highest BCUT2D eigenvalue weighted by Gasteiger charge is 2.32. The van der Waals surface area contributed by atoms with Gasteiger partial charge in [-0.15, -0.1) is 0 Å². The van der Waals surface area contributed by atoms with E-state index in [9.17, 15) is 18.3 Å². The van der Waals surface area contributed by atoms with Gasteiger partial charge in [-0.1, -0.05) is 30.3 Å². The lowest BCUT2D eigenvalue weighted by Gasteiger charge is -2.22. The summed E-state index contributed by atoms with van der Waals surface area (Å²) in [5, 5.41) is 9.49. The molecule has 0 saturated heterocycles. The summed E-state index contributed by atoms with van der Waals surface area (Å²) in [4.78, 5) is 11.3. The van der Waals surface area contributed by atoms with Gasteiger partial charge in [0, 0.05) is 13.6 Å². The Balaban J connectivity index is 2.39. The first kappa shape index (κ1) is 22.5. The zero-order valence-electron chi connectivity index (χ0n) is 16.8. The number of rotatable bonds is 10. The van der Waals surface area contributed by atoms with E-state index in [4.69, 9.17) is 14.2 Å². The zero-order valence-corrected chi connectivity index (χ0v) is 17.7. The Morgan fingerprint density at radius 1 is 1.00 bits per heavy atom. The van der Waals surface area contributed by atoms with Crippen molar-refractivity contribution in [2.75, 3.05) is 34.9 Å². The minimum atomic E-state index is -4.04. The Hall–Kier alpha value is -2.78. The van der Waals surface area contributed by atoms with Crippen LogP contribution in [0.4, 0.5) is 0 Å². The van der Waals surface area contributed by atoms with E-state index in [-0.39, 0.29) is 34.3 Å². The normalized spacial score (nSPS) is 11.3. The van der Waals surface area contributed by atoms with Crippen molar-refractivity contribution < 1.29 is 32.5 Å². The lowest BCUT2D eigenvalue weighted by molar-refractivity contribution is 0.0692. The second kappa shape index (κ2) is 9.62. The van der Waals surface area contributed by atoms with Gasteiger partial charge in [-0.05, 0) is 24.5 Å². The molecule has 29 heavy (non-hydrogen) atoms. The van der Waals surface area contributed by atoms with Gasteiger partial charge in [0.1, 0.15) is 10.5 Å². The summed E-state index contributed by atoms with van der Waals surface area (Å²) in [6.07, 6.45) is 1.31. The molecule has 0 aliphatic rings. The maximum Gasteiger partial charge on any atom is 0.339 e. The van der Waals surface area contributed by atoms with Crippen molar-refractivity contribution in [3.8, 4) is 17.2 Å². The minimum Gasteiger partial charge on any atom is -0.492 e. The van der Waals surface area contributed by atoms with Crippen molar-refractivity contribution in [1.29, 1.82) is 0 Å². The van der Waals surface area contributed by atoms with Crippen LogP contribution in [0.25, 0.3) is 0 Å². The molecular formula is C20H25NO7S. The molecule has 0 amide bonds. The number of benzene rings is 2. The SMILES string of the molecule is COc1c(C(=O)O)cc(S(=O)(=O)N(C)CCCc2ccccc2)c(OC)c1OC. The molecule has 1 N–H and O–H groups in total. The fraction of sp³-hybridized carbons (Fsp3) is 0.350. The van der Waals surface area contributed by atoms with Crippen LogP contribution in [0.2, 0.25) is 0 Å². The Bertz CT molecular complexity index is 959. The number of aryl methyl sites for hydroxylation is 1. The van der Waals surface area contributed by atoms with Gasteiger partial charge in [0.25, 0.3) is 0 Å². The fourth-order valence-corrected chi connectivity index (χ4v) is 4.35. The quantitative estimate of drug-likeness (QED) is 0.627. The first-order chi connectivity index (χ1) is 13.8. The van der Waals surface area contributed by atoms with Crippen molar-refractivity contribution >= 4 is 16.0 Å². The summed E-state index contributed by atoms with van der Waals surface area (Å²) in [5.74, 6) is -1.65. The molecule has 0 heterocycles. The Labute approximate surface area is 170 Å². The topological polar surface area (TPSA) is 102 Å². The second-order valence-electron chi connectivity index (χ2n) is 6.24. The van der Waals surface area contributed by atoms with Crippen molar-refractivity contribution in [3.63, 3.8) is 0 Å². The van der Waals surface area contributed by atoms with Crippen molar-refractivity contribution in [2.24, 2.45) is 0 Å². The van der Waals surface area contributed by atoms with Gasteiger partial charge in [0.05, 0.1) is 21.3 Å². The molecule has 0 spiro atoms. The average molecular weight is 423 g/mol. The summed E-state index contributed by atoms with van der Waals surface area (Å²) in [6, 6.07) is 10.8. The smallest absolute Gasteiger partial charge is 0.339 e. The summed E-state index contributed by atoms with van der Waals surface area (Å²) < 4.78 is 43.1. The van der Waals surface area contributed by atoms with Gasteiger partial charge in [0.15, 0.2) is 11.5 Å². The molecule has 0 unspecified atom stereocenters. The summed E-state index contributed by atoms with van der Waals surface area (Å²) in [7, 11) is 1.24. The third kappa shape index (κ3) is 4.80. The van der Waals surface area contributed by atoms with Gasteiger partial charge < -0.3 is 19.3 Å². The van der Waals surface area contributed by atoms with Gasteiger partial charge in [-0.3, -0.25) is 0 Å². The molecule has 2 aromatic carbocycles. The summed E-state index contributed by atoms with van der Waals surface area (Å²) in [6.45, 7) is 0.247. The number of hydrogen-bond donors (Lipinski definition) is 1. The Morgan fingerprint density at radius 3 is 2.10 bits per heavy atom. The van der Waals surface area contributed by atoms with Crippen molar-refractivity contribution in [2.45, 2.75) is 17.7 Å². The van der Waals surface area contributed by atoms with E-state index in [1.165, 1.54) is 32.7 Å². The van der Waals surface area contributed by atoms with E-state index in [1.807, 2.05) is 30.3 Å². The standard InChI is InChI=1S/C20H25NO7S/c1-21(12-8-11-14-9-6-5-7-10-14)29(24,25)16-13-15(20(22)23)17(26-2)19(28-4)18(16)27-3/h5-7,9-10,13H,8,11-12H2,1-4H3,(H,22,23). The van der Waals surface area contributed by atoms with E-state index in [2.05, 4.69) is 0 Å². The molecule has 8 nitrogen and oxygen atoms in total. The predicted octanol–water partition coefficient (Wildman–Crippen LogP) is 2.66.